The van der Waals surface area contributed by atoms with Crippen molar-refractivity contribution in [1.29, 1.82) is 0 Å². The van der Waals surface area contributed by atoms with Gasteiger partial charge in [0, 0.05) is 25.5 Å². The van der Waals surface area contributed by atoms with Gasteiger partial charge in [-0.15, -0.1) is 0 Å². The van der Waals surface area contributed by atoms with Gasteiger partial charge in [-0.3, -0.25) is 0 Å². The SMILES string of the molecule is Nc1ccc(I)c(-c2cccc(C(=O)O)c2S(=O)(=O)Cl)c1. The molecule has 2 aromatic carbocycles. The Hall–Kier alpha value is -1.32. The minimum atomic E-state index is -4.24. The molecule has 0 unspecified atom stereocenters. The van der Waals surface area contributed by atoms with E-state index >= 15 is 0 Å². The van der Waals surface area contributed by atoms with Gasteiger partial charge in [-0.1, -0.05) is 12.1 Å². The average Bonchev–Trinajstić information content (AvgIpc) is 2.39. The Morgan fingerprint density at radius 2 is 1.86 bits per heavy atom. The fourth-order valence-electron chi connectivity index (χ4n) is 1.93. The number of benzene rings is 2. The highest BCUT2D eigenvalue weighted by atomic mass is 127. The van der Waals surface area contributed by atoms with E-state index in [-0.39, 0.29) is 11.1 Å². The molecule has 2 rings (SSSR count). The molecule has 0 aromatic heterocycles. The second kappa shape index (κ2) is 5.82. The van der Waals surface area contributed by atoms with E-state index in [0.29, 0.717) is 11.3 Å². The van der Waals surface area contributed by atoms with Crippen LogP contribution in [0.5, 0.6) is 0 Å². The maximum absolute atomic E-state index is 11.8. The number of nitrogen functional groups attached to an aromatic ring is 1. The van der Waals surface area contributed by atoms with Crippen LogP contribution >= 0.6 is 33.3 Å². The van der Waals surface area contributed by atoms with Crippen molar-refractivity contribution in [2.75, 3.05) is 5.73 Å². The van der Waals surface area contributed by atoms with Crippen molar-refractivity contribution in [1.82, 2.24) is 0 Å². The molecule has 0 aliphatic carbocycles. The third-order valence-electron chi connectivity index (χ3n) is 2.77. The quantitative estimate of drug-likeness (QED) is 0.437. The van der Waals surface area contributed by atoms with Gasteiger partial charge >= 0.3 is 5.97 Å². The van der Waals surface area contributed by atoms with Gasteiger partial charge in [-0.25, -0.2) is 13.2 Å². The standard InChI is InChI=1S/C13H9ClINO4S/c14-21(19,20)12-8(2-1-3-9(12)13(17)18)10-6-7(16)4-5-11(10)15/h1-6H,16H2,(H,17,18). The number of nitrogens with two attached hydrogens (primary N) is 1. The summed E-state index contributed by atoms with van der Waals surface area (Å²) in [5, 5.41) is 9.17. The molecule has 0 bridgehead atoms. The molecule has 0 saturated heterocycles. The summed E-state index contributed by atoms with van der Waals surface area (Å²) in [4.78, 5) is 10.8. The van der Waals surface area contributed by atoms with E-state index in [1.165, 1.54) is 18.2 Å². The molecule has 0 spiro atoms. The first-order chi connectivity index (χ1) is 9.71. The van der Waals surface area contributed by atoms with Crippen molar-refractivity contribution in [3.8, 4) is 11.1 Å². The topological polar surface area (TPSA) is 97.5 Å². The maximum atomic E-state index is 11.8. The zero-order chi connectivity index (χ0) is 15.8. The van der Waals surface area contributed by atoms with Gasteiger partial charge in [-0.05, 0) is 52.4 Å². The average molecular weight is 438 g/mol. The third kappa shape index (κ3) is 3.30. The molecule has 5 nitrogen and oxygen atoms in total. The Kier molecular flexibility index (Phi) is 4.45. The Morgan fingerprint density at radius 3 is 2.43 bits per heavy atom. The highest BCUT2D eigenvalue weighted by molar-refractivity contribution is 14.1. The summed E-state index contributed by atoms with van der Waals surface area (Å²) >= 11 is 2.01. The van der Waals surface area contributed by atoms with Gasteiger partial charge in [0.05, 0.1) is 5.56 Å². The van der Waals surface area contributed by atoms with Gasteiger partial charge in [0.1, 0.15) is 4.90 Å². The van der Waals surface area contributed by atoms with Gasteiger partial charge in [0.25, 0.3) is 9.05 Å². The van der Waals surface area contributed by atoms with Crippen LogP contribution in [0.2, 0.25) is 0 Å². The predicted molar refractivity (Wildman–Crippen MR) is 89.0 cm³/mol. The summed E-state index contributed by atoms with van der Waals surface area (Å²) in [6.07, 6.45) is 0. The number of anilines is 1. The molecule has 0 saturated carbocycles. The van der Waals surface area contributed by atoms with Crippen molar-refractivity contribution in [2.24, 2.45) is 0 Å². The monoisotopic (exact) mass is 437 g/mol. The molecule has 21 heavy (non-hydrogen) atoms. The lowest BCUT2D eigenvalue weighted by atomic mass is 10.0. The molecule has 2 aromatic rings. The smallest absolute Gasteiger partial charge is 0.337 e. The Labute approximate surface area is 139 Å². The van der Waals surface area contributed by atoms with E-state index < -0.39 is 19.9 Å². The summed E-state index contributed by atoms with van der Waals surface area (Å²) in [7, 11) is 1.19. The first kappa shape index (κ1) is 16.1. The largest absolute Gasteiger partial charge is 0.478 e. The second-order valence-electron chi connectivity index (χ2n) is 4.16. The van der Waals surface area contributed by atoms with E-state index in [2.05, 4.69) is 0 Å². The maximum Gasteiger partial charge on any atom is 0.337 e. The molecule has 0 heterocycles. The van der Waals surface area contributed by atoms with E-state index in [1.807, 2.05) is 22.6 Å². The number of carboxylic acids is 1. The van der Waals surface area contributed by atoms with Crippen LogP contribution in [-0.4, -0.2) is 19.5 Å². The summed E-state index contributed by atoms with van der Waals surface area (Å²) in [6.45, 7) is 0. The van der Waals surface area contributed by atoms with E-state index in [4.69, 9.17) is 16.4 Å². The van der Waals surface area contributed by atoms with Crippen LogP contribution in [0, 0.1) is 3.57 Å². The summed E-state index contributed by atoms with van der Waals surface area (Å²) in [6, 6.07) is 9.11. The Balaban J connectivity index is 2.90. The lowest BCUT2D eigenvalue weighted by Gasteiger charge is -2.12. The molecule has 0 atom stereocenters. The van der Waals surface area contributed by atoms with Gasteiger partial charge in [0.2, 0.25) is 0 Å². The van der Waals surface area contributed by atoms with Crippen molar-refractivity contribution in [2.45, 2.75) is 4.90 Å². The second-order valence-corrected chi connectivity index (χ2v) is 7.83. The van der Waals surface area contributed by atoms with E-state index in [0.717, 1.165) is 3.57 Å². The van der Waals surface area contributed by atoms with Crippen LogP contribution < -0.4 is 5.73 Å². The third-order valence-corrected chi connectivity index (χ3v) is 5.10. The number of aromatic carboxylic acids is 1. The minimum absolute atomic E-state index is 0.210. The number of hydrogen-bond donors (Lipinski definition) is 2. The summed E-state index contributed by atoms with van der Waals surface area (Å²) < 4.78 is 24.4. The number of hydrogen-bond acceptors (Lipinski definition) is 4. The normalized spacial score (nSPS) is 11.3. The molecule has 0 fully saturated rings. The van der Waals surface area contributed by atoms with Crippen LogP contribution in [0.25, 0.3) is 11.1 Å². The molecular weight excluding hydrogens is 429 g/mol. The van der Waals surface area contributed by atoms with Crippen molar-refractivity contribution >= 4 is 54.0 Å². The van der Waals surface area contributed by atoms with Gasteiger partial charge in [0.15, 0.2) is 0 Å². The van der Waals surface area contributed by atoms with Crippen LogP contribution in [0.1, 0.15) is 10.4 Å². The zero-order valence-electron chi connectivity index (χ0n) is 10.4. The molecule has 8 heteroatoms. The number of rotatable bonds is 3. The van der Waals surface area contributed by atoms with Crippen LogP contribution in [0.3, 0.4) is 0 Å². The van der Waals surface area contributed by atoms with Crippen LogP contribution in [0.4, 0.5) is 5.69 Å². The molecular formula is C13H9ClINO4S. The number of halogens is 2. The summed E-state index contributed by atoms with van der Waals surface area (Å²) in [5.41, 5.74) is 6.50. The predicted octanol–water partition coefficient (Wildman–Crippen LogP) is 3.17. The zero-order valence-corrected chi connectivity index (χ0v) is 14.1. The van der Waals surface area contributed by atoms with Crippen LogP contribution in [-0.2, 0) is 9.05 Å². The highest BCUT2D eigenvalue weighted by Gasteiger charge is 2.25. The molecule has 0 aliphatic heterocycles. The van der Waals surface area contributed by atoms with Crippen LogP contribution in [0.15, 0.2) is 41.3 Å². The first-order valence-corrected chi connectivity index (χ1v) is 8.97. The lowest BCUT2D eigenvalue weighted by molar-refractivity contribution is 0.0693. The van der Waals surface area contributed by atoms with E-state index in [1.54, 1.807) is 18.2 Å². The fourth-order valence-corrected chi connectivity index (χ4v) is 3.91. The Bertz CT molecular complexity index is 836. The number of carboxylic acid groups (broad SMARTS) is 1. The Morgan fingerprint density at radius 1 is 1.19 bits per heavy atom. The fraction of sp³-hybridized carbons (Fsp3) is 0. The summed E-state index contributed by atoms with van der Waals surface area (Å²) in [5.74, 6) is -1.37. The number of carbonyl (C=O) groups is 1. The molecule has 0 amide bonds. The van der Waals surface area contributed by atoms with Crippen molar-refractivity contribution in [3.05, 3.63) is 45.5 Å². The first-order valence-electron chi connectivity index (χ1n) is 5.58. The lowest BCUT2D eigenvalue weighted by Crippen LogP contribution is -2.07. The van der Waals surface area contributed by atoms with Crippen molar-refractivity contribution < 1.29 is 18.3 Å². The molecule has 0 aliphatic rings. The van der Waals surface area contributed by atoms with Crippen molar-refractivity contribution in [3.63, 3.8) is 0 Å². The van der Waals surface area contributed by atoms with Gasteiger partial charge in [-0.2, -0.15) is 0 Å². The molecule has 3 N–H and O–H groups in total. The minimum Gasteiger partial charge on any atom is -0.478 e. The highest BCUT2D eigenvalue weighted by Crippen LogP contribution is 2.35. The molecule has 110 valence electrons. The molecule has 0 radical (unpaired) electrons. The van der Waals surface area contributed by atoms with E-state index in [9.17, 15) is 18.3 Å². The van der Waals surface area contributed by atoms with Gasteiger partial charge < -0.3 is 10.8 Å².